The molecule has 2 heterocycles. The molecule has 1 atom stereocenters. The van der Waals surface area contributed by atoms with Crippen LogP contribution < -0.4 is 5.73 Å². The number of hydrogen-bond acceptors (Lipinski definition) is 5. The fourth-order valence-corrected chi connectivity index (χ4v) is 3.29. The lowest BCUT2D eigenvalue weighted by molar-refractivity contribution is 0.180. The van der Waals surface area contributed by atoms with Crippen LogP contribution in [0.5, 0.6) is 0 Å². The number of anilines is 1. The Morgan fingerprint density at radius 3 is 3.00 bits per heavy atom. The zero-order chi connectivity index (χ0) is 11.5. The van der Waals surface area contributed by atoms with E-state index < -0.39 is 0 Å². The standard InChI is InChI=1S/C10H14IN3OS/c1-15-5-6-8(11)9(12)14-10(13-6)7-3-2-4-16-7/h7H,2-5H2,1H3,(H2,12,13,14). The summed E-state index contributed by atoms with van der Waals surface area (Å²) in [6, 6.07) is 0. The Labute approximate surface area is 113 Å². The van der Waals surface area contributed by atoms with Crippen molar-refractivity contribution in [3.05, 3.63) is 15.1 Å². The fraction of sp³-hybridized carbons (Fsp3) is 0.600. The number of hydrogen-bond donors (Lipinski definition) is 1. The van der Waals surface area contributed by atoms with Crippen LogP contribution >= 0.6 is 34.4 Å². The van der Waals surface area contributed by atoms with Gasteiger partial charge in [0, 0.05) is 7.11 Å². The number of nitrogens with zero attached hydrogens (tertiary/aromatic N) is 2. The summed E-state index contributed by atoms with van der Waals surface area (Å²) in [5.74, 6) is 2.64. The summed E-state index contributed by atoms with van der Waals surface area (Å²) in [6.45, 7) is 0.495. The van der Waals surface area contributed by atoms with Crippen molar-refractivity contribution < 1.29 is 4.74 Å². The van der Waals surface area contributed by atoms with Gasteiger partial charge in [-0.15, -0.1) is 0 Å². The highest BCUT2D eigenvalue weighted by Crippen LogP contribution is 2.38. The topological polar surface area (TPSA) is 61.0 Å². The lowest BCUT2D eigenvalue weighted by Gasteiger charge is -2.11. The van der Waals surface area contributed by atoms with Crippen molar-refractivity contribution in [2.75, 3.05) is 18.6 Å². The maximum Gasteiger partial charge on any atom is 0.144 e. The van der Waals surface area contributed by atoms with E-state index >= 15 is 0 Å². The van der Waals surface area contributed by atoms with Gasteiger partial charge in [0.15, 0.2) is 0 Å². The summed E-state index contributed by atoms with van der Waals surface area (Å²) in [6.07, 6.45) is 2.39. The molecular weight excluding hydrogens is 337 g/mol. The number of halogens is 1. The van der Waals surface area contributed by atoms with Crippen molar-refractivity contribution in [2.45, 2.75) is 24.7 Å². The minimum absolute atomic E-state index is 0.412. The summed E-state index contributed by atoms with van der Waals surface area (Å²) in [4.78, 5) is 8.94. The lowest BCUT2D eigenvalue weighted by atomic mass is 10.2. The Morgan fingerprint density at radius 1 is 1.56 bits per heavy atom. The molecule has 1 aliphatic heterocycles. The van der Waals surface area contributed by atoms with Crippen molar-refractivity contribution in [3.63, 3.8) is 0 Å². The summed E-state index contributed by atoms with van der Waals surface area (Å²) in [5.41, 5.74) is 6.80. The van der Waals surface area contributed by atoms with Crippen LogP contribution in [-0.2, 0) is 11.3 Å². The Morgan fingerprint density at radius 2 is 2.38 bits per heavy atom. The van der Waals surface area contributed by atoms with E-state index in [1.54, 1.807) is 7.11 Å². The average Bonchev–Trinajstić information content (AvgIpc) is 2.78. The van der Waals surface area contributed by atoms with E-state index in [0.29, 0.717) is 17.7 Å². The average molecular weight is 351 g/mol. The van der Waals surface area contributed by atoms with E-state index in [9.17, 15) is 0 Å². The minimum atomic E-state index is 0.412. The molecular formula is C10H14IN3OS. The molecule has 6 heteroatoms. The van der Waals surface area contributed by atoms with Crippen LogP contribution in [0.25, 0.3) is 0 Å². The first-order valence-electron chi connectivity index (χ1n) is 5.14. The third-order valence-corrected chi connectivity index (χ3v) is 5.01. The van der Waals surface area contributed by atoms with Gasteiger partial charge >= 0.3 is 0 Å². The second-order valence-corrected chi connectivity index (χ2v) is 6.05. The van der Waals surface area contributed by atoms with Crippen LogP contribution in [0.15, 0.2) is 0 Å². The quantitative estimate of drug-likeness (QED) is 0.848. The van der Waals surface area contributed by atoms with Crippen molar-refractivity contribution in [1.82, 2.24) is 9.97 Å². The summed E-state index contributed by atoms with van der Waals surface area (Å²) >= 11 is 4.08. The molecule has 2 rings (SSSR count). The van der Waals surface area contributed by atoms with Gasteiger partial charge in [-0.25, -0.2) is 9.97 Å². The Balaban J connectivity index is 2.31. The number of rotatable bonds is 3. The summed E-state index contributed by atoms with van der Waals surface area (Å²) in [5, 5.41) is 0.412. The van der Waals surface area contributed by atoms with Crippen molar-refractivity contribution in [1.29, 1.82) is 0 Å². The van der Waals surface area contributed by atoms with E-state index in [2.05, 4.69) is 32.6 Å². The fourth-order valence-electron chi connectivity index (χ4n) is 1.69. The molecule has 0 saturated carbocycles. The third-order valence-electron chi connectivity index (χ3n) is 2.46. The van der Waals surface area contributed by atoms with E-state index in [-0.39, 0.29) is 0 Å². The highest BCUT2D eigenvalue weighted by atomic mass is 127. The van der Waals surface area contributed by atoms with E-state index in [1.165, 1.54) is 12.2 Å². The SMILES string of the molecule is COCc1nc(C2CCCS2)nc(N)c1I. The van der Waals surface area contributed by atoms with Crippen LogP contribution in [0.4, 0.5) is 5.82 Å². The molecule has 1 unspecified atom stereocenters. The van der Waals surface area contributed by atoms with Crippen LogP contribution in [0.2, 0.25) is 0 Å². The van der Waals surface area contributed by atoms with Crippen LogP contribution in [-0.4, -0.2) is 22.8 Å². The first-order valence-corrected chi connectivity index (χ1v) is 7.27. The van der Waals surface area contributed by atoms with Gasteiger partial charge < -0.3 is 10.5 Å². The monoisotopic (exact) mass is 351 g/mol. The number of aromatic nitrogens is 2. The van der Waals surface area contributed by atoms with E-state index in [4.69, 9.17) is 10.5 Å². The van der Waals surface area contributed by atoms with E-state index in [0.717, 1.165) is 21.5 Å². The molecule has 0 bridgehead atoms. The van der Waals surface area contributed by atoms with Gasteiger partial charge in [-0.1, -0.05) is 0 Å². The first-order chi connectivity index (χ1) is 7.72. The molecule has 4 nitrogen and oxygen atoms in total. The highest BCUT2D eigenvalue weighted by molar-refractivity contribution is 14.1. The summed E-state index contributed by atoms with van der Waals surface area (Å²) in [7, 11) is 1.67. The number of nitrogens with two attached hydrogens (primary N) is 1. The van der Waals surface area contributed by atoms with Crippen molar-refractivity contribution >= 4 is 40.2 Å². The lowest BCUT2D eigenvalue weighted by Crippen LogP contribution is -2.09. The number of nitrogen functional groups attached to an aromatic ring is 1. The molecule has 0 spiro atoms. The van der Waals surface area contributed by atoms with Crippen molar-refractivity contribution in [3.8, 4) is 0 Å². The molecule has 16 heavy (non-hydrogen) atoms. The predicted molar refractivity (Wildman–Crippen MR) is 74.3 cm³/mol. The molecule has 1 fully saturated rings. The number of thioether (sulfide) groups is 1. The first kappa shape index (κ1) is 12.4. The van der Waals surface area contributed by atoms with Crippen molar-refractivity contribution in [2.24, 2.45) is 0 Å². The van der Waals surface area contributed by atoms with Gasteiger partial charge in [-0.3, -0.25) is 0 Å². The van der Waals surface area contributed by atoms with Crippen LogP contribution in [0.3, 0.4) is 0 Å². The van der Waals surface area contributed by atoms with Gasteiger partial charge in [-0.2, -0.15) is 11.8 Å². The van der Waals surface area contributed by atoms with Gasteiger partial charge in [-0.05, 0) is 41.2 Å². The summed E-state index contributed by atoms with van der Waals surface area (Å²) < 4.78 is 6.03. The molecule has 0 amide bonds. The molecule has 0 aliphatic carbocycles. The predicted octanol–water partition coefficient (Wildman–Crippen LogP) is 2.38. The normalized spacial score (nSPS) is 20.2. The molecule has 1 aromatic rings. The molecule has 1 aromatic heterocycles. The molecule has 2 N–H and O–H groups in total. The maximum absolute atomic E-state index is 5.90. The smallest absolute Gasteiger partial charge is 0.144 e. The van der Waals surface area contributed by atoms with E-state index in [1.807, 2.05) is 11.8 Å². The van der Waals surface area contributed by atoms with Crippen LogP contribution in [0, 0.1) is 3.57 Å². The maximum atomic E-state index is 5.90. The highest BCUT2D eigenvalue weighted by Gasteiger charge is 2.22. The van der Waals surface area contributed by atoms with Crippen LogP contribution in [0.1, 0.15) is 29.6 Å². The second-order valence-electron chi connectivity index (χ2n) is 3.66. The number of methoxy groups -OCH3 is 1. The molecule has 88 valence electrons. The zero-order valence-electron chi connectivity index (χ0n) is 9.07. The van der Waals surface area contributed by atoms with Gasteiger partial charge in [0.25, 0.3) is 0 Å². The third kappa shape index (κ3) is 2.60. The Bertz CT molecular complexity index is 383. The minimum Gasteiger partial charge on any atom is -0.383 e. The van der Waals surface area contributed by atoms with Gasteiger partial charge in [0.05, 0.1) is 21.1 Å². The number of ether oxygens (including phenoxy) is 1. The Hall–Kier alpha value is -0.0800. The molecule has 0 radical (unpaired) electrons. The largest absolute Gasteiger partial charge is 0.383 e. The zero-order valence-corrected chi connectivity index (χ0v) is 12.0. The Kier molecular flexibility index (Phi) is 4.26. The van der Waals surface area contributed by atoms with Gasteiger partial charge in [0.1, 0.15) is 11.6 Å². The second kappa shape index (κ2) is 5.50. The molecule has 1 saturated heterocycles. The van der Waals surface area contributed by atoms with Gasteiger partial charge in [0.2, 0.25) is 0 Å². The molecule has 0 aromatic carbocycles. The molecule has 1 aliphatic rings.